The number of nitrogens with zero attached hydrogens (tertiary/aromatic N) is 2. The van der Waals surface area contributed by atoms with Crippen molar-refractivity contribution in [1.29, 1.82) is 0 Å². The summed E-state index contributed by atoms with van der Waals surface area (Å²) in [4.78, 5) is 51.3. The lowest BCUT2D eigenvalue weighted by Crippen LogP contribution is -2.44. The molecule has 1 aromatic carbocycles. The number of hydrogen-bond acceptors (Lipinski definition) is 6. The average Bonchev–Trinajstić information content (AvgIpc) is 3.12. The molecule has 0 heterocycles. The molecule has 51 heavy (non-hydrogen) atoms. The van der Waals surface area contributed by atoms with E-state index in [-0.39, 0.29) is 27.8 Å². The predicted molar refractivity (Wildman–Crippen MR) is 216 cm³/mol. The number of nitrogens with one attached hydrogen (secondary N) is 2. The summed E-state index contributed by atoms with van der Waals surface area (Å²) in [5, 5.41) is 6.22. The molecule has 0 saturated heterocycles. The molecular formula is C40H64Cl2N4O5. The lowest BCUT2D eigenvalue weighted by Gasteiger charge is -2.25. The van der Waals surface area contributed by atoms with E-state index >= 15 is 0 Å². The Morgan fingerprint density at radius 2 is 1.63 bits per heavy atom. The van der Waals surface area contributed by atoms with Crippen LogP contribution in [-0.2, 0) is 14.3 Å². The Hall–Kier alpha value is -3.40. The van der Waals surface area contributed by atoms with Crippen LogP contribution in [0.2, 0.25) is 0 Å². The zero-order valence-corrected chi connectivity index (χ0v) is 34.6. The molecule has 1 aliphatic rings. The van der Waals surface area contributed by atoms with E-state index in [0.717, 1.165) is 56.1 Å². The number of urea groups is 1. The normalized spacial score (nSPS) is 14.2. The Morgan fingerprint density at radius 3 is 2.10 bits per heavy atom. The number of benzene rings is 1. The van der Waals surface area contributed by atoms with E-state index in [0.29, 0.717) is 17.7 Å². The maximum Gasteiger partial charge on any atom is 0.329 e. The molecule has 0 radical (unpaired) electrons. The van der Waals surface area contributed by atoms with Gasteiger partial charge in [0.25, 0.3) is 5.91 Å². The summed E-state index contributed by atoms with van der Waals surface area (Å²) in [5.41, 5.74) is 3.28. The Kier molecular flexibility index (Phi) is 28.5. The zero-order chi connectivity index (χ0) is 39.5. The summed E-state index contributed by atoms with van der Waals surface area (Å²) >= 11 is 12.2. The summed E-state index contributed by atoms with van der Waals surface area (Å²) in [7, 11) is 6.93. The van der Waals surface area contributed by atoms with E-state index in [2.05, 4.69) is 24.5 Å². The fraction of sp³-hybridized carbons (Fsp3) is 0.550. The van der Waals surface area contributed by atoms with Crippen LogP contribution < -0.4 is 15.5 Å². The third-order valence-corrected chi connectivity index (χ3v) is 8.06. The second-order valence-corrected chi connectivity index (χ2v) is 12.9. The molecule has 1 saturated carbocycles. The fourth-order valence-electron chi connectivity index (χ4n) is 4.66. The fourth-order valence-corrected chi connectivity index (χ4v) is 5.13. The SMILES string of the molecule is C/C=C(Cl)\C(C(=O)N[C@@H](C/C(C)=C/C=C\CC)C(=O)OC1CCCCC1)=C(/C)Cl.CC.CCNC.Cc1ccc(N(C)C(=O)N(C)C)c(C=O)c1. The van der Waals surface area contributed by atoms with Crippen LogP contribution in [0.1, 0.15) is 109 Å². The highest BCUT2D eigenvalue weighted by atomic mass is 35.5. The first kappa shape index (κ1) is 49.7. The van der Waals surface area contributed by atoms with Crippen LogP contribution >= 0.6 is 23.2 Å². The first-order chi connectivity index (χ1) is 24.2. The topological polar surface area (TPSA) is 108 Å². The third kappa shape index (κ3) is 20.3. The molecule has 0 spiro atoms. The van der Waals surface area contributed by atoms with Gasteiger partial charge in [0.15, 0.2) is 6.29 Å². The second kappa shape index (κ2) is 29.2. The molecule has 3 amide bonds. The molecule has 1 aromatic rings. The van der Waals surface area contributed by atoms with Crippen LogP contribution in [0.4, 0.5) is 10.5 Å². The molecule has 11 heteroatoms. The third-order valence-electron chi connectivity index (χ3n) is 7.46. The van der Waals surface area contributed by atoms with Crippen LogP contribution in [-0.4, -0.2) is 76.0 Å². The standard InChI is InChI=1S/C23H33Cl2NO3.C12H16N2O2.C3H9N.C2H6/c1-5-7-9-12-16(3)15-20(23(28)29-18-13-10-8-11-14-18)26-22(27)21(17(4)24)19(25)6-2;1-9-5-6-11(10(7-9)8-15)14(4)12(16)13(2)3;1-3-4-2;1-2/h6-7,9,12,18,20H,5,8,10-11,13-15H2,1-4H3,(H,26,27);5-8H,1-4H3;4H,3H2,1-2H3;1-2H3/b9-7-,16-12+,19-6+,21-17-;;;/t20-;;;/m0.../s1. The van der Waals surface area contributed by atoms with Gasteiger partial charge in [0.2, 0.25) is 0 Å². The van der Waals surface area contributed by atoms with Gasteiger partial charge < -0.3 is 20.3 Å². The Bertz CT molecular complexity index is 1330. The minimum absolute atomic E-state index is 0.0798. The first-order valence-corrected chi connectivity index (χ1v) is 18.6. The largest absolute Gasteiger partial charge is 0.461 e. The highest BCUT2D eigenvalue weighted by molar-refractivity contribution is 6.39. The number of anilines is 1. The van der Waals surface area contributed by atoms with Gasteiger partial charge >= 0.3 is 12.0 Å². The molecule has 2 N–H and O–H groups in total. The van der Waals surface area contributed by atoms with Gasteiger partial charge in [0.1, 0.15) is 12.1 Å². The highest BCUT2D eigenvalue weighted by Gasteiger charge is 2.28. The lowest BCUT2D eigenvalue weighted by atomic mass is 9.97. The van der Waals surface area contributed by atoms with E-state index in [1.54, 1.807) is 53.2 Å². The molecule has 0 aromatic heterocycles. The average molecular weight is 752 g/mol. The number of aryl methyl sites for hydroxylation is 1. The summed E-state index contributed by atoms with van der Waals surface area (Å²) in [6.45, 7) is 16.3. The molecule has 0 unspecified atom stereocenters. The van der Waals surface area contributed by atoms with E-state index in [9.17, 15) is 19.2 Å². The number of amides is 3. The van der Waals surface area contributed by atoms with Gasteiger partial charge in [-0.3, -0.25) is 14.5 Å². The number of aldehydes is 1. The number of allylic oxidation sites excluding steroid dienone is 5. The van der Waals surface area contributed by atoms with Gasteiger partial charge in [-0.2, -0.15) is 0 Å². The van der Waals surface area contributed by atoms with Crippen molar-refractivity contribution in [2.45, 2.75) is 112 Å². The summed E-state index contributed by atoms with van der Waals surface area (Å²) in [6, 6.07) is 4.46. The molecular weight excluding hydrogens is 687 g/mol. The van der Waals surface area contributed by atoms with Crippen molar-refractivity contribution in [2.75, 3.05) is 39.6 Å². The lowest BCUT2D eigenvalue weighted by molar-refractivity contribution is -0.154. The van der Waals surface area contributed by atoms with Gasteiger partial charge in [0, 0.05) is 31.7 Å². The van der Waals surface area contributed by atoms with Crippen LogP contribution in [0.15, 0.2) is 63.7 Å². The van der Waals surface area contributed by atoms with Crippen LogP contribution in [0.5, 0.6) is 0 Å². The van der Waals surface area contributed by atoms with Gasteiger partial charge in [-0.1, -0.05) is 98.8 Å². The van der Waals surface area contributed by atoms with Crippen molar-refractivity contribution in [3.05, 3.63) is 74.8 Å². The quantitative estimate of drug-likeness (QED) is 0.0954. The molecule has 0 bridgehead atoms. The molecule has 0 aliphatic heterocycles. The van der Waals surface area contributed by atoms with E-state index in [4.69, 9.17) is 27.9 Å². The van der Waals surface area contributed by atoms with Gasteiger partial charge in [0.05, 0.1) is 16.3 Å². The highest BCUT2D eigenvalue weighted by Crippen LogP contribution is 2.24. The van der Waals surface area contributed by atoms with E-state index in [1.807, 2.05) is 59.0 Å². The number of halogens is 2. The van der Waals surface area contributed by atoms with E-state index in [1.165, 1.54) is 16.2 Å². The van der Waals surface area contributed by atoms with Gasteiger partial charge in [-0.15, -0.1) is 0 Å². The smallest absolute Gasteiger partial charge is 0.329 e. The Balaban J connectivity index is 0. The maximum atomic E-state index is 12.9. The van der Waals surface area contributed by atoms with Crippen molar-refractivity contribution in [3.63, 3.8) is 0 Å². The molecule has 1 atom stereocenters. The zero-order valence-electron chi connectivity index (χ0n) is 33.1. The number of carbonyl (C=O) groups is 4. The Labute approximate surface area is 318 Å². The summed E-state index contributed by atoms with van der Waals surface area (Å²) < 4.78 is 5.71. The van der Waals surface area contributed by atoms with Gasteiger partial charge in [-0.05, 0) is 91.9 Å². The number of rotatable bonds is 12. The van der Waals surface area contributed by atoms with Crippen molar-refractivity contribution in [3.8, 4) is 0 Å². The summed E-state index contributed by atoms with van der Waals surface area (Å²) in [5.74, 6) is -0.899. The van der Waals surface area contributed by atoms with E-state index < -0.39 is 17.9 Å². The second-order valence-electron chi connectivity index (χ2n) is 11.9. The molecule has 2 rings (SSSR count). The Morgan fingerprint density at radius 1 is 1.04 bits per heavy atom. The first-order valence-electron chi connectivity index (χ1n) is 17.9. The number of carbonyl (C=O) groups excluding carboxylic acids is 4. The van der Waals surface area contributed by atoms with Gasteiger partial charge in [-0.25, -0.2) is 9.59 Å². The predicted octanol–water partition coefficient (Wildman–Crippen LogP) is 9.48. The molecule has 288 valence electrons. The van der Waals surface area contributed by atoms with Crippen molar-refractivity contribution >= 4 is 53.1 Å². The molecule has 1 aliphatic carbocycles. The molecule has 9 nitrogen and oxygen atoms in total. The van der Waals surface area contributed by atoms with Crippen molar-refractivity contribution in [1.82, 2.24) is 15.5 Å². The van der Waals surface area contributed by atoms with Crippen molar-refractivity contribution < 1.29 is 23.9 Å². The van der Waals surface area contributed by atoms with Crippen LogP contribution in [0.25, 0.3) is 0 Å². The number of hydrogen-bond donors (Lipinski definition) is 2. The minimum Gasteiger partial charge on any atom is -0.461 e. The monoisotopic (exact) mass is 750 g/mol. The maximum absolute atomic E-state index is 12.9. The van der Waals surface area contributed by atoms with Crippen LogP contribution in [0, 0.1) is 6.92 Å². The number of ether oxygens (including phenoxy) is 1. The molecule has 1 fully saturated rings. The summed E-state index contributed by atoms with van der Waals surface area (Å²) in [6.07, 6.45) is 14.5. The number of esters is 1. The minimum atomic E-state index is -0.803. The van der Waals surface area contributed by atoms with Crippen molar-refractivity contribution in [2.24, 2.45) is 0 Å². The van der Waals surface area contributed by atoms with Crippen LogP contribution in [0.3, 0.4) is 0 Å².